The molecule has 1 amide bonds. The van der Waals surface area contributed by atoms with Gasteiger partial charge in [0.1, 0.15) is 21.5 Å². The summed E-state index contributed by atoms with van der Waals surface area (Å²) < 4.78 is 18.8. The van der Waals surface area contributed by atoms with Crippen LogP contribution in [0.1, 0.15) is 20.9 Å². The van der Waals surface area contributed by atoms with Crippen molar-refractivity contribution in [2.24, 2.45) is 0 Å². The highest BCUT2D eigenvalue weighted by atomic mass is 32.1. The van der Waals surface area contributed by atoms with Crippen LogP contribution in [0.4, 0.5) is 4.39 Å². The van der Waals surface area contributed by atoms with Gasteiger partial charge in [-0.3, -0.25) is 4.79 Å². The molecule has 0 aliphatic rings. The molecule has 0 saturated carbocycles. The van der Waals surface area contributed by atoms with Gasteiger partial charge in [0, 0.05) is 30.4 Å². The van der Waals surface area contributed by atoms with Crippen molar-refractivity contribution in [3.63, 3.8) is 0 Å². The second-order valence-electron chi connectivity index (χ2n) is 6.55. The van der Waals surface area contributed by atoms with Gasteiger partial charge in [0.05, 0.1) is 5.69 Å². The minimum absolute atomic E-state index is 0.174. The molecule has 0 spiro atoms. The average Bonchev–Trinajstić information content (AvgIpc) is 3.15. The molecule has 0 saturated heterocycles. The summed E-state index contributed by atoms with van der Waals surface area (Å²) in [5, 5.41) is 3.72. The molecule has 0 aliphatic carbocycles. The number of aryl methyl sites for hydroxylation is 1. The van der Waals surface area contributed by atoms with Gasteiger partial charge < -0.3 is 10.1 Å². The maximum atomic E-state index is 13.2. The van der Waals surface area contributed by atoms with Crippen LogP contribution in [0.2, 0.25) is 0 Å². The fraction of sp³-hybridized carbons (Fsp3) is 0.0870. The second-order valence-corrected chi connectivity index (χ2v) is 7.55. The molecular formula is C23H18FN3O2S. The number of pyridine rings is 1. The van der Waals surface area contributed by atoms with Gasteiger partial charge in [0.25, 0.3) is 5.91 Å². The third-order valence-corrected chi connectivity index (χ3v) is 5.50. The Kier molecular flexibility index (Phi) is 5.81. The van der Waals surface area contributed by atoms with E-state index in [1.165, 1.54) is 23.5 Å². The van der Waals surface area contributed by atoms with E-state index in [9.17, 15) is 9.18 Å². The highest BCUT2D eigenvalue weighted by Gasteiger charge is 2.16. The van der Waals surface area contributed by atoms with Crippen molar-refractivity contribution < 1.29 is 13.9 Å². The minimum atomic E-state index is -0.374. The molecule has 150 valence electrons. The van der Waals surface area contributed by atoms with E-state index in [1.54, 1.807) is 30.5 Å². The lowest BCUT2D eigenvalue weighted by atomic mass is 10.2. The van der Waals surface area contributed by atoms with Crippen LogP contribution in [0, 0.1) is 12.7 Å². The Morgan fingerprint density at radius 3 is 2.67 bits per heavy atom. The van der Waals surface area contributed by atoms with Crippen molar-refractivity contribution >= 4 is 17.2 Å². The van der Waals surface area contributed by atoms with Crippen molar-refractivity contribution in [1.82, 2.24) is 15.3 Å². The Hall–Kier alpha value is -3.58. The van der Waals surface area contributed by atoms with Gasteiger partial charge in [-0.25, -0.2) is 14.4 Å². The molecule has 2 heterocycles. The minimum Gasteiger partial charge on any atom is -0.439 e. The number of benzene rings is 2. The number of carbonyl (C=O) groups excluding carboxylic acids is 1. The average molecular weight is 419 g/mol. The number of hydrogen-bond acceptors (Lipinski definition) is 5. The molecule has 7 heteroatoms. The zero-order valence-corrected chi connectivity index (χ0v) is 16.9. The number of thiazole rings is 1. The third kappa shape index (κ3) is 4.69. The summed E-state index contributed by atoms with van der Waals surface area (Å²) in [5.41, 5.74) is 2.51. The number of aromatic nitrogens is 2. The number of amides is 1. The van der Waals surface area contributed by atoms with Gasteiger partial charge in [0.2, 0.25) is 5.88 Å². The maximum Gasteiger partial charge on any atom is 0.263 e. The Bertz CT molecular complexity index is 1160. The fourth-order valence-electron chi connectivity index (χ4n) is 2.80. The van der Waals surface area contributed by atoms with Crippen LogP contribution in [0.25, 0.3) is 10.6 Å². The number of nitrogens with zero attached hydrogens (tertiary/aromatic N) is 2. The van der Waals surface area contributed by atoms with Crippen LogP contribution >= 0.6 is 11.3 Å². The lowest BCUT2D eigenvalue weighted by Crippen LogP contribution is -2.22. The van der Waals surface area contributed by atoms with Crippen LogP contribution in [0.15, 0.2) is 72.9 Å². The van der Waals surface area contributed by atoms with E-state index >= 15 is 0 Å². The summed E-state index contributed by atoms with van der Waals surface area (Å²) >= 11 is 1.37. The molecule has 4 rings (SSSR count). The van der Waals surface area contributed by atoms with Crippen LogP contribution < -0.4 is 10.1 Å². The summed E-state index contributed by atoms with van der Waals surface area (Å²) in [6, 6.07) is 19.1. The summed E-state index contributed by atoms with van der Waals surface area (Å²) in [4.78, 5) is 21.9. The molecule has 0 bridgehead atoms. The van der Waals surface area contributed by atoms with E-state index in [-0.39, 0.29) is 11.7 Å². The van der Waals surface area contributed by atoms with Crippen molar-refractivity contribution in [3.05, 3.63) is 94.9 Å². The highest BCUT2D eigenvalue weighted by Crippen LogP contribution is 2.27. The fourth-order valence-corrected chi connectivity index (χ4v) is 3.79. The second kappa shape index (κ2) is 8.84. The quantitative estimate of drug-likeness (QED) is 0.456. The van der Waals surface area contributed by atoms with Crippen LogP contribution in [0.5, 0.6) is 11.6 Å². The first-order valence-electron chi connectivity index (χ1n) is 9.28. The molecule has 0 atom stereocenters. The first-order valence-corrected chi connectivity index (χ1v) is 10.1. The first kappa shape index (κ1) is 19.7. The SMILES string of the molecule is Cc1nc(-c2ccccc2)sc1C(=O)NCc1ccc(Oc2cccc(F)c2)nc1. The summed E-state index contributed by atoms with van der Waals surface area (Å²) in [7, 11) is 0. The van der Waals surface area contributed by atoms with E-state index in [4.69, 9.17) is 4.74 Å². The van der Waals surface area contributed by atoms with Crippen molar-refractivity contribution in [1.29, 1.82) is 0 Å². The van der Waals surface area contributed by atoms with Gasteiger partial charge >= 0.3 is 0 Å². The number of ether oxygens (including phenoxy) is 1. The molecule has 4 aromatic rings. The normalized spacial score (nSPS) is 10.6. The highest BCUT2D eigenvalue weighted by molar-refractivity contribution is 7.17. The van der Waals surface area contributed by atoms with Gasteiger partial charge in [-0.15, -0.1) is 11.3 Å². The molecule has 5 nitrogen and oxygen atoms in total. The van der Waals surface area contributed by atoms with E-state index in [0.717, 1.165) is 16.1 Å². The van der Waals surface area contributed by atoms with Crippen LogP contribution in [-0.2, 0) is 6.54 Å². The molecule has 2 aromatic carbocycles. The van der Waals surface area contributed by atoms with Crippen molar-refractivity contribution in [3.8, 4) is 22.2 Å². The number of hydrogen-bond donors (Lipinski definition) is 1. The molecular weight excluding hydrogens is 401 g/mol. The zero-order valence-electron chi connectivity index (χ0n) is 16.1. The molecule has 30 heavy (non-hydrogen) atoms. The summed E-state index contributed by atoms with van der Waals surface area (Å²) in [6.07, 6.45) is 1.61. The largest absolute Gasteiger partial charge is 0.439 e. The van der Waals surface area contributed by atoms with E-state index in [0.29, 0.717) is 28.7 Å². The van der Waals surface area contributed by atoms with Gasteiger partial charge in [-0.2, -0.15) is 0 Å². The third-order valence-electron chi connectivity index (χ3n) is 4.29. The van der Waals surface area contributed by atoms with Crippen molar-refractivity contribution in [2.45, 2.75) is 13.5 Å². The van der Waals surface area contributed by atoms with E-state index in [1.807, 2.05) is 37.3 Å². The zero-order chi connectivity index (χ0) is 20.9. The molecule has 2 aromatic heterocycles. The smallest absolute Gasteiger partial charge is 0.263 e. The summed E-state index contributed by atoms with van der Waals surface area (Å²) in [5.74, 6) is 0.174. The Balaban J connectivity index is 1.38. The Labute approximate surface area is 177 Å². The standard InChI is InChI=1S/C23H18FN3O2S/c1-15-21(30-23(27-15)17-6-3-2-4-7-17)22(28)26-14-16-10-11-20(25-13-16)29-19-9-5-8-18(24)12-19/h2-13H,14H2,1H3,(H,26,28). The number of rotatable bonds is 6. The monoisotopic (exact) mass is 419 g/mol. The lowest BCUT2D eigenvalue weighted by molar-refractivity contribution is 0.0954. The summed E-state index contributed by atoms with van der Waals surface area (Å²) in [6.45, 7) is 2.15. The lowest BCUT2D eigenvalue weighted by Gasteiger charge is -2.07. The number of carbonyl (C=O) groups is 1. The van der Waals surface area contributed by atoms with E-state index < -0.39 is 0 Å². The first-order chi connectivity index (χ1) is 14.6. The molecule has 1 N–H and O–H groups in total. The maximum absolute atomic E-state index is 13.2. The van der Waals surface area contributed by atoms with E-state index in [2.05, 4.69) is 15.3 Å². The predicted molar refractivity (Wildman–Crippen MR) is 114 cm³/mol. The van der Waals surface area contributed by atoms with Gasteiger partial charge in [0.15, 0.2) is 0 Å². The van der Waals surface area contributed by atoms with Crippen LogP contribution in [0.3, 0.4) is 0 Å². The van der Waals surface area contributed by atoms with Crippen molar-refractivity contribution in [2.75, 3.05) is 0 Å². The van der Waals surface area contributed by atoms with Gasteiger partial charge in [-0.1, -0.05) is 42.5 Å². The molecule has 0 aliphatic heterocycles. The Morgan fingerprint density at radius 1 is 1.10 bits per heavy atom. The Morgan fingerprint density at radius 2 is 1.93 bits per heavy atom. The number of halogens is 1. The molecule has 0 fully saturated rings. The van der Waals surface area contributed by atoms with Crippen LogP contribution in [-0.4, -0.2) is 15.9 Å². The predicted octanol–water partition coefficient (Wildman–Crippen LogP) is 5.37. The number of nitrogens with one attached hydrogen (secondary N) is 1. The molecule has 0 radical (unpaired) electrons. The molecule has 0 unspecified atom stereocenters. The van der Waals surface area contributed by atoms with Gasteiger partial charge in [-0.05, 0) is 24.6 Å². The topological polar surface area (TPSA) is 64.1 Å².